The summed E-state index contributed by atoms with van der Waals surface area (Å²) < 4.78 is 6.79. The molecule has 2 aromatic heterocycles. The highest BCUT2D eigenvalue weighted by atomic mass is 79.9. The molecule has 29 heavy (non-hydrogen) atoms. The lowest BCUT2D eigenvalue weighted by Crippen LogP contribution is -2.06. The molecule has 0 bridgehead atoms. The molecule has 0 atom stereocenters. The third-order valence-corrected chi connectivity index (χ3v) is 5.32. The van der Waals surface area contributed by atoms with Crippen LogP contribution in [0.15, 0.2) is 69.7 Å². The maximum absolute atomic E-state index is 12.9. The first-order valence-corrected chi connectivity index (χ1v) is 10.0. The van der Waals surface area contributed by atoms with Crippen LogP contribution < -0.4 is 11.1 Å². The number of nitrogen functional groups attached to an aromatic ring is 1. The van der Waals surface area contributed by atoms with E-state index in [1.807, 2.05) is 61.5 Å². The first kappa shape index (κ1) is 19.2. The van der Waals surface area contributed by atoms with E-state index >= 15 is 0 Å². The van der Waals surface area contributed by atoms with E-state index in [9.17, 15) is 4.79 Å². The van der Waals surface area contributed by atoms with Gasteiger partial charge in [0, 0.05) is 34.6 Å². The Balaban J connectivity index is 1.50. The van der Waals surface area contributed by atoms with Crippen molar-refractivity contribution in [2.75, 3.05) is 11.1 Å². The predicted molar refractivity (Wildman–Crippen MR) is 119 cm³/mol. The molecule has 0 saturated heterocycles. The van der Waals surface area contributed by atoms with Crippen LogP contribution in [0.5, 0.6) is 0 Å². The standard InChI is InChI=1S/C23H20BrN3O2/c1-14-18-12-17(24)7-8-21(18)29-22(14)20(28)11-15-4-2-5-16(10-15)13-27-19-6-3-9-26-23(19)25/h2-10,12,27H,11,13H2,1H3,(H2,25,26). The Labute approximate surface area is 177 Å². The topological polar surface area (TPSA) is 81.2 Å². The molecule has 2 aromatic carbocycles. The van der Waals surface area contributed by atoms with Crippen molar-refractivity contribution < 1.29 is 9.21 Å². The molecule has 0 aliphatic rings. The smallest absolute Gasteiger partial charge is 0.202 e. The molecule has 0 radical (unpaired) electrons. The molecule has 0 aliphatic heterocycles. The van der Waals surface area contributed by atoms with Crippen molar-refractivity contribution in [1.82, 2.24) is 4.98 Å². The van der Waals surface area contributed by atoms with Crippen molar-refractivity contribution in [3.63, 3.8) is 0 Å². The molecule has 0 amide bonds. The number of hydrogen-bond donors (Lipinski definition) is 2. The molecule has 0 saturated carbocycles. The molecule has 0 unspecified atom stereocenters. The van der Waals surface area contributed by atoms with Crippen LogP contribution >= 0.6 is 15.9 Å². The molecule has 4 rings (SSSR count). The summed E-state index contributed by atoms with van der Waals surface area (Å²) in [4.78, 5) is 16.9. The SMILES string of the molecule is Cc1c(C(=O)Cc2cccc(CNc3cccnc3N)c2)oc2ccc(Br)cc12. The number of hydrogen-bond acceptors (Lipinski definition) is 5. The number of ketones is 1. The second-order valence-corrected chi connectivity index (χ2v) is 7.82. The zero-order chi connectivity index (χ0) is 20.4. The van der Waals surface area contributed by atoms with Crippen molar-refractivity contribution in [3.05, 3.63) is 87.7 Å². The summed E-state index contributed by atoms with van der Waals surface area (Å²) in [6, 6.07) is 17.4. The average molecular weight is 450 g/mol. The van der Waals surface area contributed by atoms with Crippen LogP contribution in [0.3, 0.4) is 0 Å². The quantitative estimate of drug-likeness (QED) is 0.378. The first-order valence-electron chi connectivity index (χ1n) is 9.25. The number of pyridine rings is 1. The van der Waals surface area contributed by atoms with Crippen LogP contribution in [-0.2, 0) is 13.0 Å². The highest BCUT2D eigenvalue weighted by molar-refractivity contribution is 9.10. The van der Waals surface area contributed by atoms with Gasteiger partial charge in [-0.05, 0) is 48.4 Å². The molecule has 4 aromatic rings. The Morgan fingerprint density at radius 3 is 2.79 bits per heavy atom. The van der Waals surface area contributed by atoms with Gasteiger partial charge in [0.1, 0.15) is 11.4 Å². The lowest BCUT2D eigenvalue weighted by molar-refractivity contribution is 0.0967. The minimum atomic E-state index is -0.0311. The summed E-state index contributed by atoms with van der Waals surface area (Å²) in [5.74, 6) is 0.854. The van der Waals surface area contributed by atoms with Gasteiger partial charge in [0.05, 0.1) is 5.69 Å². The van der Waals surface area contributed by atoms with E-state index in [0.717, 1.165) is 37.8 Å². The van der Waals surface area contributed by atoms with E-state index in [1.54, 1.807) is 6.20 Å². The van der Waals surface area contributed by atoms with Gasteiger partial charge in [-0.2, -0.15) is 0 Å². The zero-order valence-electron chi connectivity index (χ0n) is 15.9. The summed E-state index contributed by atoms with van der Waals surface area (Å²) in [6.45, 7) is 2.51. The first-order chi connectivity index (χ1) is 14.0. The number of halogens is 1. The second kappa shape index (κ2) is 8.09. The fourth-order valence-electron chi connectivity index (χ4n) is 3.34. The lowest BCUT2D eigenvalue weighted by atomic mass is 10.0. The van der Waals surface area contributed by atoms with E-state index in [4.69, 9.17) is 10.2 Å². The van der Waals surface area contributed by atoms with Crippen LogP contribution in [-0.4, -0.2) is 10.8 Å². The molecule has 3 N–H and O–H groups in total. The van der Waals surface area contributed by atoms with E-state index in [-0.39, 0.29) is 12.2 Å². The number of rotatable bonds is 6. The summed E-state index contributed by atoms with van der Waals surface area (Å²) in [5.41, 5.74) is 10.3. The van der Waals surface area contributed by atoms with Gasteiger partial charge in [-0.15, -0.1) is 0 Å². The minimum Gasteiger partial charge on any atom is -0.453 e. The average Bonchev–Trinajstić information content (AvgIpc) is 3.04. The van der Waals surface area contributed by atoms with Crippen molar-refractivity contribution in [1.29, 1.82) is 0 Å². The van der Waals surface area contributed by atoms with Gasteiger partial charge in [0.15, 0.2) is 5.76 Å². The van der Waals surface area contributed by atoms with Gasteiger partial charge in [0.2, 0.25) is 5.78 Å². The number of anilines is 2. The fourth-order valence-corrected chi connectivity index (χ4v) is 3.70. The number of aromatic nitrogens is 1. The highest BCUT2D eigenvalue weighted by Gasteiger charge is 2.18. The Kier molecular flexibility index (Phi) is 5.36. The van der Waals surface area contributed by atoms with E-state index < -0.39 is 0 Å². The lowest BCUT2D eigenvalue weighted by Gasteiger charge is -2.09. The zero-order valence-corrected chi connectivity index (χ0v) is 17.5. The second-order valence-electron chi connectivity index (χ2n) is 6.91. The maximum atomic E-state index is 12.9. The molecule has 2 heterocycles. The Bertz CT molecular complexity index is 1200. The number of nitrogens with one attached hydrogen (secondary N) is 1. The number of carbonyl (C=O) groups is 1. The third-order valence-electron chi connectivity index (χ3n) is 4.83. The number of Topliss-reactive ketones (excluding diaryl/α,β-unsaturated/α-hetero) is 1. The van der Waals surface area contributed by atoms with Crippen LogP contribution in [0, 0.1) is 6.92 Å². The molecular formula is C23H20BrN3O2. The third kappa shape index (κ3) is 4.17. The minimum absolute atomic E-state index is 0.0311. The summed E-state index contributed by atoms with van der Waals surface area (Å²) in [7, 11) is 0. The van der Waals surface area contributed by atoms with Crippen molar-refractivity contribution in [3.8, 4) is 0 Å². The van der Waals surface area contributed by atoms with Crippen LogP contribution in [0.2, 0.25) is 0 Å². The van der Waals surface area contributed by atoms with E-state index in [1.165, 1.54) is 0 Å². The summed E-state index contributed by atoms with van der Waals surface area (Å²) in [6.07, 6.45) is 1.94. The van der Waals surface area contributed by atoms with E-state index in [0.29, 0.717) is 18.1 Å². The Morgan fingerprint density at radius 1 is 1.14 bits per heavy atom. The van der Waals surface area contributed by atoms with Gasteiger partial charge in [-0.25, -0.2) is 4.98 Å². The van der Waals surface area contributed by atoms with Crippen LogP contribution in [0.1, 0.15) is 27.2 Å². The maximum Gasteiger partial charge on any atom is 0.202 e. The molecule has 6 heteroatoms. The number of carbonyl (C=O) groups excluding carboxylic acids is 1. The van der Waals surface area contributed by atoms with Gasteiger partial charge < -0.3 is 15.5 Å². The number of fused-ring (bicyclic) bond motifs is 1. The number of benzene rings is 2. The van der Waals surface area contributed by atoms with Crippen molar-refractivity contribution >= 4 is 44.2 Å². The number of nitrogens with two attached hydrogens (primary N) is 1. The largest absolute Gasteiger partial charge is 0.453 e. The number of nitrogens with zero attached hydrogens (tertiary/aromatic N) is 1. The molecule has 0 spiro atoms. The molecule has 0 aliphatic carbocycles. The molecule has 146 valence electrons. The van der Waals surface area contributed by atoms with Gasteiger partial charge in [0.25, 0.3) is 0 Å². The summed E-state index contributed by atoms with van der Waals surface area (Å²) in [5, 5.41) is 4.23. The highest BCUT2D eigenvalue weighted by Crippen LogP contribution is 2.29. The van der Waals surface area contributed by atoms with Crippen LogP contribution in [0.25, 0.3) is 11.0 Å². The summed E-state index contributed by atoms with van der Waals surface area (Å²) >= 11 is 3.47. The number of furan rings is 1. The Morgan fingerprint density at radius 2 is 1.97 bits per heavy atom. The normalized spacial score (nSPS) is 11.0. The van der Waals surface area contributed by atoms with E-state index in [2.05, 4.69) is 26.2 Å². The van der Waals surface area contributed by atoms with Crippen LogP contribution in [0.4, 0.5) is 11.5 Å². The molecule has 0 fully saturated rings. The Hall–Kier alpha value is -3.12. The van der Waals surface area contributed by atoms with Crippen molar-refractivity contribution in [2.45, 2.75) is 19.9 Å². The predicted octanol–water partition coefficient (Wildman–Crippen LogP) is 5.52. The number of aryl methyl sites for hydroxylation is 1. The van der Waals surface area contributed by atoms with Gasteiger partial charge >= 0.3 is 0 Å². The molecular weight excluding hydrogens is 430 g/mol. The monoisotopic (exact) mass is 449 g/mol. The van der Waals surface area contributed by atoms with Gasteiger partial charge in [-0.1, -0.05) is 40.2 Å². The molecule has 5 nitrogen and oxygen atoms in total. The van der Waals surface area contributed by atoms with Gasteiger partial charge in [-0.3, -0.25) is 4.79 Å². The van der Waals surface area contributed by atoms with Crippen molar-refractivity contribution in [2.24, 2.45) is 0 Å². The fraction of sp³-hybridized carbons (Fsp3) is 0.130.